The van der Waals surface area contributed by atoms with Gasteiger partial charge in [-0.25, -0.2) is 8.42 Å². The number of carbonyl (C=O) groups is 1. The Morgan fingerprint density at radius 3 is 2.88 bits per heavy atom. The van der Waals surface area contributed by atoms with Gasteiger partial charge in [-0.05, 0) is 57.4 Å². The first-order chi connectivity index (χ1) is 12.3. The maximum absolute atomic E-state index is 12.4. The highest BCUT2D eigenvalue weighted by Crippen LogP contribution is 2.18. The van der Waals surface area contributed by atoms with Gasteiger partial charge in [-0.15, -0.1) is 6.42 Å². The Labute approximate surface area is 156 Å². The Balaban J connectivity index is 1.98. The second kappa shape index (κ2) is 9.17. The molecule has 1 aliphatic rings. The summed E-state index contributed by atoms with van der Waals surface area (Å²) in [5.74, 6) is 2.38. The first-order valence-corrected chi connectivity index (χ1v) is 10.4. The number of rotatable bonds is 7. The molecule has 1 aromatic carbocycles. The summed E-state index contributed by atoms with van der Waals surface area (Å²) < 4.78 is 26.5. The van der Waals surface area contributed by atoms with Crippen LogP contribution in [0.3, 0.4) is 0 Å². The van der Waals surface area contributed by atoms with E-state index < -0.39 is 10.0 Å². The number of terminal acetylenes is 1. The van der Waals surface area contributed by atoms with Crippen LogP contribution in [0.5, 0.6) is 0 Å². The second-order valence-electron chi connectivity index (χ2n) is 6.86. The van der Waals surface area contributed by atoms with E-state index in [0.29, 0.717) is 24.1 Å². The molecule has 1 fully saturated rings. The quantitative estimate of drug-likeness (QED) is 0.705. The lowest BCUT2D eigenvalue weighted by Gasteiger charge is -2.35. The molecule has 6 nitrogen and oxygen atoms in total. The molecule has 1 aliphatic heterocycles. The number of amides is 1. The van der Waals surface area contributed by atoms with Crippen LogP contribution in [0.25, 0.3) is 0 Å². The molecule has 7 heteroatoms. The van der Waals surface area contributed by atoms with E-state index in [1.165, 1.54) is 12.1 Å². The number of likely N-dealkylation sites (tertiary alicyclic amines) is 1. The van der Waals surface area contributed by atoms with Gasteiger partial charge < -0.3 is 10.2 Å². The summed E-state index contributed by atoms with van der Waals surface area (Å²) in [6.07, 6.45) is 7.31. The second-order valence-corrected chi connectivity index (χ2v) is 8.63. The highest BCUT2D eigenvalue weighted by atomic mass is 32.2. The Bertz CT molecular complexity index is 768. The maximum Gasteiger partial charge on any atom is 0.251 e. The molecule has 2 rings (SSSR count). The summed E-state index contributed by atoms with van der Waals surface area (Å²) in [6.45, 7) is 6.94. The van der Waals surface area contributed by atoms with Crippen molar-refractivity contribution in [1.29, 1.82) is 0 Å². The molecular weight excluding hydrogens is 350 g/mol. The number of nitrogens with zero attached hydrogens (tertiary/aromatic N) is 1. The SMILES string of the molecule is C#CCNS(=O)(=O)c1cccc(C(=O)NCC2CCCN(C(C)C)C2)c1. The van der Waals surface area contributed by atoms with E-state index in [2.05, 4.69) is 34.7 Å². The summed E-state index contributed by atoms with van der Waals surface area (Å²) in [4.78, 5) is 14.9. The lowest BCUT2D eigenvalue weighted by Crippen LogP contribution is -2.43. The van der Waals surface area contributed by atoms with Crippen molar-refractivity contribution in [2.75, 3.05) is 26.2 Å². The molecule has 0 aliphatic carbocycles. The van der Waals surface area contributed by atoms with Crippen molar-refractivity contribution in [3.8, 4) is 12.3 Å². The van der Waals surface area contributed by atoms with Crippen LogP contribution < -0.4 is 10.0 Å². The van der Waals surface area contributed by atoms with Crippen LogP contribution in [0.1, 0.15) is 37.0 Å². The van der Waals surface area contributed by atoms with Crippen molar-refractivity contribution in [2.45, 2.75) is 37.6 Å². The lowest BCUT2D eigenvalue weighted by atomic mass is 9.97. The first kappa shape index (κ1) is 20.4. The van der Waals surface area contributed by atoms with Gasteiger partial charge in [0.05, 0.1) is 11.4 Å². The zero-order chi connectivity index (χ0) is 19.2. The zero-order valence-corrected chi connectivity index (χ0v) is 16.2. The smallest absolute Gasteiger partial charge is 0.251 e. The predicted octanol–water partition coefficient (Wildman–Crippen LogP) is 1.45. The molecule has 0 aromatic heterocycles. The van der Waals surface area contributed by atoms with Gasteiger partial charge in [0, 0.05) is 24.7 Å². The minimum atomic E-state index is -3.71. The third-order valence-corrected chi connectivity index (χ3v) is 6.00. The summed E-state index contributed by atoms with van der Waals surface area (Å²) in [7, 11) is -3.71. The van der Waals surface area contributed by atoms with Gasteiger partial charge in [0.2, 0.25) is 10.0 Å². The van der Waals surface area contributed by atoms with Crippen molar-refractivity contribution in [1.82, 2.24) is 14.9 Å². The fourth-order valence-electron chi connectivity index (χ4n) is 3.10. The fourth-order valence-corrected chi connectivity index (χ4v) is 4.08. The molecule has 0 spiro atoms. The standard InChI is InChI=1S/C19H27N3O3S/c1-4-10-21-26(24,25)18-9-5-8-17(12-18)19(23)20-13-16-7-6-11-22(14-16)15(2)3/h1,5,8-9,12,15-16,21H,6-7,10-11,13-14H2,2-3H3,(H,20,23). The summed E-state index contributed by atoms with van der Waals surface area (Å²) >= 11 is 0. The first-order valence-electron chi connectivity index (χ1n) is 8.89. The molecule has 0 radical (unpaired) electrons. The molecular formula is C19H27N3O3S. The third-order valence-electron chi connectivity index (χ3n) is 4.60. The normalized spacial score (nSPS) is 18.5. The van der Waals surface area contributed by atoms with Gasteiger partial charge in [0.1, 0.15) is 0 Å². The largest absolute Gasteiger partial charge is 0.352 e. The molecule has 1 amide bonds. The number of carbonyl (C=O) groups excluding carboxylic acids is 1. The molecule has 1 saturated heterocycles. The fraction of sp³-hybridized carbons (Fsp3) is 0.526. The zero-order valence-electron chi connectivity index (χ0n) is 15.4. The van der Waals surface area contributed by atoms with Gasteiger partial charge in [-0.2, -0.15) is 4.72 Å². The number of nitrogens with one attached hydrogen (secondary N) is 2. The van der Waals surface area contributed by atoms with Crippen molar-refractivity contribution in [2.24, 2.45) is 5.92 Å². The van der Waals surface area contributed by atoms with Crippen LogP contribution in [0.15, 0.2) is 29.2 Å². The van der Waals surface area contributed by atoms with Crippen molar-refractivity contribution in [3.63, 3.8) is 0 Å². The monoisotopic (exact) mass is 377 g/mol. The van der Waals surface area contributed by atoms with Crippen molar-refractivity contribution in [3.05, 3.63) is 29.8 Å². The summed E-state index contributed by atoms with van der Waals surface area (Å²) in [5, 5.41) is 2.94. The Morgan fingerprint density at radius 2 is 2.19 bits per heavy atom. The summed E-state index contributed by atoms with van der Waals surface area (Å²) in [6, 6.07) is 6.48. The Hall–Kier alpha value is -1.88. The van der Waals surface area contributed by atoms with Crippen LogP contribution in [-0.4, -0.2) is 51.4 Å². The average molecular weight is 378 g/mol. The van der Waals surface area contributed by atoms with E-state index in [4.69, 9.17) is 6.42 Å². The number of hydrogen-bond acceptors (Lipinski definition) is 4. The number of benzene rings is 1. The van der Waals surface area contributed by atoms with E-state index in [-0.39, 0.29) is 17.3 Å². The molecule has 1 unspecified atom stereocenters. The minimum absolute atomic E-state index is 0.0315. The van der Waals surface area contributed by atoms with Gasteiger partial charge in [-0.3, -0.25) is 4.79 Å². The predicted molar refractivity (Wildman–Crippen MR) is 102 cm³/mol. The number of hydrogen-bond donors (Lipinski definition) is 2. The van der Waals surface area contributed by atoms with Gasteiger partial charge in [0.25, 0.3) is 5.91 Å². The van der Waals surface area contributed by atoms with Crippen LogP contribution in [0.2, 0.25) is 0 Å². The average Bonchev–Trinajstić information content (AvgIpc) is 2.64. The third kappa shape index (κ3) is 5.56. The van der Waals surface area contributed by atoms with E-state index >= 15 is 0 Å². The summed E-state index contributed by atoms with van der Waals surface area (Å²) in [5.41, 5.74) is 0.324. The Morgan fingerprint density at radius 1 is 1.42 bits per heavy atom. The molecule has 26 heavy (non-hydrogen) atoms. The minimum Gasteiger partial charge on any atom is -0.352 e. The molecule has 1 atom stereocenters. The van der Waals surface area contributed by atoms with Gasteiger partial charge >= 0.3 is 0 Å². The van der Waals surface area contributed by atoms with Gasteiger partial charge in [0.15, 0.2) is 0 Å². The highest BCUT2D eigenvalue weighted by molar-refractivity contribution is 7.89. The van der Waals surface area contributed by atoms with Crippen molar-refractivity contribution < 1.29 is 13.2 Å². The van der Waals surface area contributed by atoms with Crippen LogP contribution in [0, 0.1) is 18.3 Å². The van der Waals surface area contributed by atoms with E-state index in [1.807, 2.05) is 0 Å². The molecule has 1 aromatic rings. The van der Waals surface area contributed by atoms with Crippen LogP contribution >= 0.6 is 0 Å². The molecule has 1 heterocycles. The number of sulfonamides is 1. The van der Waals surface area contributed by atoms with E-state index in [0.717, 1.165) is 25.9 Å². The van der Waals surface area contributed by atoms with E-state index in [9.17, 15) is 13.2 Å². The molecule has 0 saturated carbocycles. The highest BCUT2D eigenvalue weighted by Gasteiger charge is 2.22. The lowest BCUT2D eigenvalue weighted by molar-refractivity contribution is 0.0922. The molecule has 2 N–H and O–H groups in total. The topological polar surface area (TPSA) is 78.5 Å². The van der Waals surface area contributed by atoms with Crippen LogP contribution in [0.4, 0.5) is 0 Å². The Kier molecular flexibility index (Phi) is 7.21. The van der Waals surface area contributed by atoms with E-state index in [1.54, 1.807) is 12.1 Å². The molecule has 142 valence electrons. The molecule has 0 bridgehead atoms. The maximum atomic E-state index is 12.4. The van der Waals surface area contributed by atoms with Crippen molar-refractivity contribution >= 4 is 15.9 Å². The van der Waals surface area contributed by atoms with Crippen LogP contribution in [-0.2, 0) is 10.0 Å². The number of piperidine rings is 1. The van der Waals surface area contributed by atoms with Gasteiger partial charge in [-0.1, -0.05) is 12.0 Å².